The first kappa shape index (κ1) is 14.9. The minimum Gasteiger partial charge on any atom is -0.494 e. The summed E-state index contributed by atoms with van der Waals surface area (Å²) in [5.41, 5.74) is 7.02. The molecule has 0 spiro atoms. The molecule has 3 nitrogen and oxygen atoms in total. The normalized spacial score (nSPS) is 10.3. The van der Waals surface area contributed by atoms with E-state index < -0.39 is 0 Å². The molecule has 0 radical (unpaired) electrons. The van der Waals surface area contributed by atoms with E-state index in [4.69, 9.17) is 22.1 Å². The molecular weight excluding hydrogens is 342 g/mol. The average molecular weight is 355 g/mol. The van der Waals surface area contributed by atoms with E-state index >= 15 is 0 Å². The van der Waals surface area contributed by atoms with E-state index in [1.165, 1.54) is 0 Å². The molecule has 0 aliphatic rings. The van der Waals surface area contributed by atoms with Gasteiger partial charge in [0.1, 0.15) is 5.75 Å². The number of anilines is 1. The van der Waals surface area contributed by atoms with Gasteiger partial charge >= 0.3 is 0 Å². The van der Waals surface area contributed by atoms with Gasteiger partial charge in [0.05, 0.1) is 17.2 Å². The largest absolute Gasteiger partial charge is 0.494 e. The van der Waals surface area contributed by atoms with Crippen molar-refractivity contribution in [2.24, 2.45) is 0 Å². The number of carbonyl (C=O) groups is 1. The number of halogens is 2. The Kier molecular flexibility index (Phi) is 4.68. The Morgan fingerprint density at radius 2 is 2.10 bits per heavy atom. The Bertz CT molecular complexity index is 638. The summed E-state index contributed by atoms with van der Waals surface area (Å²) in [6.07, 6.45) is 0. The van der Waals surface area contributed by atoms with Crippen LogP contribution >= 0.6 is 27.5 Å². The monoisotopic (exact) mass is 353 g/mol. The topological polar surface area (TPSA) is 52.3 Å². The van der Waals surface area contributed by atoms with Gasteiger partial charge in [0.2, 0.25) is 0 Å². The molecule has 20 heavy (non-hydrogen) atoms. The zero-order valence-corrected chi connectivity index (χ0v) is 13.2. The fraction of sp³-hybridized carbons (Fsp3) is 0.133. The minimum absolute atomic E-state index is 0.219. The zero-order valence-electron chi connectivity index (χ0n) is 10.8. The average Bonchev–Trinajstić information content (AvgIpc) is 2.38. The molecule has 0 aliphatic heterocycles. The summed E-state index contributed by atoms with van der Waals surface area (Å²) in [5.74, 6) is 0.478. The van der Waals surface area contributed by atoms with Crippen molar-refractivity contribution >= 4 is 39.0 Å². The molecule has 0 atom stereocenters. The van der Waals surface area contributed by atoms with E-state index in [1.807, 2.05) is 6.92 Å². The number of ether oxygens (including phenoxy) is 1. The van der Waals surface area contributed by atoms with Crippen LogP contribution in [0, 0.1) is 0 Å². The van der Waals surface area contributed by atoms with Crippen LogP contribution in [0.25, 0.3) is 0 Å². The maximum Gasteiger partial charge on any atom is 0.197 e. The Balaban J connectivity index is 2.44. The highest BCUT2D eigenvalue weighted by atomic mass is 79.9. The SMILES string of the molecule is CCOc1ccc(C(=O)c2c(N)cccc2Cl)c(Br)c1. The summed E-state index contributed by atoms with van der Waals surface area (Å²) in [4.78, 5) is 12.5. The van der Waals surface area contributed by atoms with E-state index in [1.54, 1.807) is 36.4 Å². The van der Waals surface area contributed by atoms with Gasteiger partial charge in [-0.1, -0.05) is 17.7 Å². The van der Waals surface area contributed by atoms with Crippen LogP contribution in [0.15, 0.2) is 40.9 Å². The second kappa shape index (κ2) is 6.29. The van der Waals surface area contributed by atoms with Gasteiger partial charge < -0.3 is 10.5 Å². The van der Waals surface area contributed by atoms with Crippen molar-refractivity contribution in [1.29, 1.82) is 0 Å². The predicted octanol–water partition coefficient (Wildman–Crippen LogP) is 4.31. The molecule has 2 N–H and O–H groups in total. The quantitative estimate of drug-likeness (QED) is 0.657. The fourth-order valence-electron chi connectivity index (χ4n) is 1.85. The summed E-state index contributed by atoms with van der Waals surface area (Å²) >= 11 is 9.45. The lowest BCUT2D eigenvalue weighted by Gasteiger charge is -2.10. The first-order valence-corrected chi connectivity index (χ1v) is 7.22. The van der Waals surface area contributed by atoms with Crippen molar-refractivity contribution in [1.82, 2.24) is 0 Å². The molecule has 5 heteroatoms. The van der Waals surface area contributed by atoms with Crippen LogP contribution in [0.4, 0.5) is 5.69 Å². The summed E-state index contributed by atoms with van der Waals surface area (Å²) < 4.78 is 6.03. The number of ketones is 1. The van der Waals surface area contributed by atoms with Gasteiger partial charge in [0.15, 0.2) is 5.78 Å². The van der Waals surface area contributed by atoms with Crippen molar-refractivity contribution in [2.45, 2.75) is 6.92 Å². The van der Waals surface area contributed by atoms with Crippen LogP contribution in [-0.4, -0.2) is 12.4 Å². The third kappa shape index (κ3) is 2.97. The van der Waals surface area contributed by atoms with Gasteiger partial charge in [-0.15, -0.1) is 0 Å². The highest BCUT2D eigenvalue weighted by molar-refractivity contribution is 9.10. The van der Waals surface area contributed by atoms with Gasteiger partial charge in [-0.2, -0.15) is 0 Å². The standard InChI is InChI=1S/C15H13BrClNO2/c1-2-20-9-6-7-10(11(16)8-9)15(19)14-12(17)4-3-5-13(14)18/h3-8H,2,18H2,1H3. The lowest BCUT2D eigenvalue weighted by Crippen LogP contribution is -2.07. The minimum atomic E-state index is -0.219. The zero-order chi connectivity index (χ0) is 14.7. The van der Waals surface area contributed by atoms with E-state index in [2.05, 4.69) is 15.9 Å². The second-order valence-corrected chi connectivity index (χ2v) is 5.37. The lowest BCUT2D eigenvalue weighted by atomic mass is 10.0. The lowest BCUT2D eigenvalue weighted by molar-refractivity contribution is 0.103. The number of nitrogen functional groups attached to an aromatic ring is 1. The van der Waals surface area contributed by atoms with Crippen molar-refractivity contribution < 1.29 is 9.53 Å². The van der Waals surface area contributed by atoms with Gasteiger partial charge in [-0.05, 0) is 53.2 Å². The number of carbonyl (C=O) groups excluding carboxylic acids is 1. The van der Waals surface area contributed by atoms with Crippen LogP contribution in [-0.2, 0) is 0 Å². The summed E-state index contributed by atoms with van der Waals surface area (Å²) in [5, 5.41) is 0.343. The van der Waals surface area contributed by atoms with Crippen LogP contribution < -0.4 is 10.5 Å². The maximum atomic E-state index is 12.5. The molecule has 0 saturated heterocycles. The molecule has 0 unspecified atom stereocenters. The molecule has 0 bridgehead atoms. The van der Waals surface area contributed by atoms with Crippen molar-refractivity contribution in [2.75, 3.05) is 12.3 Å². The molecule has 104 valence electrons. The molecule has 2 aromatic rings. The molecule has 0 amide bonds. The van der Waals surface area contributed by atoms with Gasteiger partial charge in [-0.25, -0.2) is 0 Å². The molecule has 0 heterocycles. The number of benzene rings is 2. The van der Waals surface area contributed by atoms with Crippen LogP contribution in [0.1, 0.15) is 22.8 Å². The molecule has 2 rings (SSSR count). The van der Waals surface area contributed by atoms with Crippen molar-refractivity contribution in [3.05, 3.63) is 57.0 Å². The van der Waals surface area contributed by atoms with Crippen molar-refractivity contribution in [3.8, 4) is 5.75 Å². The molecule has 0 aromatic heterocycles. The van der Waals surface area contributed by atoms with Crippen molar-refractivity contribution in [3.63, 3.8) is 0 Å². The third-order valence-electron chi connectivity index (χ3n) is 2.77. The summed E-state index contributed by atoms with van der Waals surface area (Å²) in [6, 6.07) is 10.2. The first-order valence-electron chi connectivity index (χ1n) is 6.05. The van der Waals surface area contributed by atoms with E-state index in [0.29, 0.717) is 38.7 Å². The van der Waals surface area contributed by atoms with Crippen LogP contribution in [0.5, 0.6) is 5.75 Å². The van der Waals surface area contributed by atoms with Gasteiger partial charge in [-0.3, -0.25) is 4.79 Å². The predicted molar refractivity (Wildman–Crippen MR) is 84.6 cm³/mol. The highest BCUT2D eigenvalue weighted by Gasteiger charge is 2.18. The van der Waals surface area contributed by atoms with Crippen LogP contribution in [0.2, 0.25) is 5.02 Å². The smallest absolute Gasteiger partial charge is 0.197 e. The Morgan fingerprint density at radius 3 is 2.70 bits per heavy atom. The third-order valence-corrected chi connectivity index (χ3v) is 3.74. The number of rotatable bonds is 4. The highest BCUT2D eigenvalue weighted by Crippen LogP contribution is 2.30. The molecule has 0 aliphatic carbocycles. The Morgan fingerprint density at radius 1 is 1.35 bits per heavy atom. The second-order valence-electron chi connectivity index (χ2n) is 4.11. The van der Waals surface area contributed by atoms with E-state index in [-0.39, 0.29) is 5.78 Å². The molecular formula is C15H13BrClNO2. The molecule has 0 saturated carbocycles. The number of hydrogen-bond acceptors (Lipinski definition) is 3. The maximum absolute atomic E-state index is 12.5. The summed E-state index contributed by atoms with van der Waals surface area (Å²) in [7, 11) is 0. The molecule has 0 fully saturated rings. The fourth-order valence-corrected chi connectivity index (χ4v) is 2.66. The Labute approximate surface area is 130 Å². The van der Waals surface area contributed by atoms with E-state index in [0.717, 1.165) is 0 Å². The first-order chi connectivity index (χ1) is 9.54. The Hall–Kier alpha value is -1.52. The summed E-state index contributed by atoms with van der Waals surface area (Å²) in [6.45, 7) is 2.47. The van der Waals surface area contributed by atoms with E-state index in [9.17, 15) is 4.79 Å². The number of nitrogens with two attached hydrogens (primary N) is 1. The van der Waals surface area contributed by atoms with Gasteiger partial charge in [0, 0.05) is 15.7 Å². The van der Waals surface area contributed by atoms with Crippen LogP contribution in [0.3, 0.4) is 0 Å². The number of hydrogen-bond donors (Lipinski definition) is 1. The van der Waals surface area contributed by atoms with Gasteiger partial charge in [0.25, 0.3) is 0 Å². The molecule has 2 aromatic carbocycles.